The van der Waals surface area contributed by atoms with Crippen molar-refractivity contribution in [3.63, 3.8) is 0 Å². The monoisotopic (exact) mass is 434 g/mol. The fraction of sp³-hybridized carbons (Fsp3) is 0.467. The average Bonchev–Trinajstić information content (AvgIpc) is 3.16. The third-order valence-corrected chi connectivity index (χ3v) is 4.04. The number of aromatic nitrogens is 1. The minimum atomic E-state index is 0. The molecule has 0 fully saturated rings. The predicted molar refractivity (Wildman–Crippen MR) is 102 cm³/mol. The number of hydrogen-bond donors (Lipinski definition) is 2. The quantitative estimate of drug-likeness (QED) is 0.416. The Kier molecular flexibility index (Phi) is 8.47. The molecule has 0 saturated heterocycles. The molecule has 0 amide bonds. The first-order valence-electron chi connectivity index (χ1n) is 7.20. The van der Waals surface area contributed by atoms with Gasteiger partial charge in [-0.2, -0.15) is 11.3 Å². The summed E-state index contributed by atoms with van der Waals surface area (Å²) >= 11 is 1.70. The second kappa shape index (κ2) is 9.83. The summed E-state index contributed by atoms with van der Waals surface area (Å²) in [6.07, 6.45) is 1.73. The molecule has 122 valence electrons. The number of halogens is 1. The van der Waals surface area contributed by atoms with Gasteiger partial charge >= 0.3 is 0 Å². The van der Waals surface area contributed by atoms with Crippen LogP contribution in [0.15, 0.2) is 26.3 Å². The van der Waals surface area contributed by atoms with Crippen LogP contribution in [-0.4, -0.2) is 18.2 Å². The molecule has 0 aliphatic heterocycles. The third-order valence-electron chi connectivity index (χ3n) is 3.30. The molecule has 2 aromatic heterocycles. The van der Waals surface area contributed by atoms with E-state index in [1.54, 1.807) is 18.4 Å². The fourth-order valence-corrected chi connectivity index (χ4v) is 2.78. The number of hydrogen-bond acceptors (Lipinski definition) is 4. The number of guanidine groups is 1. The van der Waals surface area contributed by atoms with E-state index in [-0.39, 0.29) is 24.0 Å². The molecule has 0 aromatic carbocycles. The van der Waals surface area contributed by atoms with Crippen molar-refractivity contribution in [3.05, 3.63) is 39.4 Å². The van der Waals surface area contributed by atoms with Gasteiger partial charge in [0.25, 0.3) is 0 Å². The summed E-state index contributed by atoms with van der Waals surface area (Å²) in [6.45, 7) is 5.62. The van der Waals surface area contributed by atoms with E-state index in [0.29, 0.717) is 6.54 Å². The van der Waals surface area contributed by atoms with E-state index < -0.39 is 0 Å². The number of aryl methyl sites for hydroxylation is 2. The lowest BCUT2D eigenvalue weighted by Crippen LogP contribution is -2.36. The predicted octanol–water partition coefficient (Wildman–Crippen LogP) is 3.34. The molecule has 0 saturated carbocycles. The van der Waals surface area contributed by atoms with Crippen molar-refractivity contribution in [1.29, 1.82) is 0 Å². The van der Waals surface area contributed by atoms with Crippen LogP contribution in [-0.2, 0) is 25.9 Å². The Morgan fingerprint density at radius 1 is 1.27 bits per heavy atom. The highest BCUT2D eigenvalue weighted by Gasteiger charge is 2.13. The second-order valence-corrected chi connectivity index (χ2v) is 5.43. The molecule has 0 atom stereocenters. The maximum atomic E-state index is 5.37. The Balaban J connectivity index is 0.00000242. The highest BCUT2D eigenvalue weighted by atomic mass is 127. The van der Waals surface area contributed by atoms with E-state index in [0.717, 1.165) is 42.4 Å². The van der Waals surface area contributed by atoms with Gasteiger partial charge in [0.2, 0.25) is 0 Å². The van der Waals surface area contributed by atoms with Gasteiger partial charge in [0, 0.05) is 32.1 Å². The summed E-state index contributed by atoms with van der Waals surface area (Å²) in [5.41, 5.74) is 3.43. The van der Waals surface area contributed by atoms with Gasteiger partial charge in [0.15, 0.2) is 5.96 Å². The SMILES string of the molecule is CCc1noc(CC)c1CNC(=NC)NCc1ccsc1.I. The first-order valence-corrected chi connectivity index (χ1v) is 8.14. The smallest absolute Gasteiger partial charge is 0.191 e. The normalized spacial score (nSPS) is 11.1. The van der Waals surface area contributed by atoms with Crippen LogP contribution in [0.2, 0.25) is 0 Å². The molecule has 22 heavy (non-hydrogen) atoms. The maximum Gasteiger partial charge on any atom is 0.191 e. The van der Waals surface area contributed by atoms with Crippen molar-refractivity contribution >= 4 is 41.3 Å². The lowest BCUT2D eigenvalue weighted by molar-refractivity contribution is 0.380. The van der Waals surface area contributed by atoms with Crippen LogP contribution < -0.4 is 10.6 Å². The lowest BCUT2D eigenvalue weighted by atomic mass is 10.1. The van der Waals surface area contributed by atoms with Crippen LogP contribution in [0, 0.1) is 0 Å². The van der Waals surface area contributed by atoms with E-state index >= 15 is 0 Å². The Hall–Kier alpha value is -1.09. The number of rotatable bonds is 6. The third kappa shape index (κ3) is 4.98. The first kappa shape index (κ1) is 19.0. The Bertz CT molecular complexity index is 559. The summed E-state index contributed by atoms with van der Waals surface area (Å²) in [6, 6.07) is 2.11. The van der Waals surface area contributed by atoms with Gasteiger partial charge in [-0.25, -0.2) is 0 Å². The zero-order chi connectivity index (χ0) is 15.1. The maximum absolute atomic E-state index is 5.37. The van der Waals surface area contributed by atoms with E-state index in [1.165, 1.54) is 5.56 Å². The molecule has 2 rings (SSSR count). The topological polar surface area (TPSA) is 62.5 Å². The van der Waals surface area contributed by atoms with Crippen molar-refractivity contribution in [2.75, 3.05) is 7.05 Å². The van der Waals surface area contributed by atoms with E-state index in [1.807, 2.05) is 0 Å². The highest BCUT2D eigenvalue weighted by molar-refractivity contribution is 14.0. The van der Waals surface area contributed by atoms with Gasteiger partial charge in [-0.05, 0) is 28.8 Å². The molecule has 0 bridgehead atoms. The fourth-order valence-electron chi connectivity index (χ4n) is 2.11. The molecule has 0 radical (unpaired) electrons. The number of thiophene rings is 1. The molecular formula is C15H23IN4OS. The minimum Gasteiger partial charge on any atom is -0.361 e. The largest absolute Gasteiger partial charge is 0.361 e. The number of nitrogens with zero attached hydrogens (tertiary/aromatic N) is 2. The van der Waals surface area contributed by atoms with Crippen molar-refractivity contribution in [3.8, 4) is 0 Å². The van der Waals surface area contributed by atoms with Gasteiger partial charge in [-0.1, -0.05) is 19.0 Å². The van der Waals surface area contributed by atoms with Crippen molar-refractivity contribution in [2.24, 2.45) is 4.99 Å². The van der Waals surface area contributed by atoms with E-state index in [9.17, 15) is 0 Å². The Labute approximate surface area is 152 Å². The Morgan fingerprint density at radius 3 is 2.64 bits per heavy atom. The van der Waals surface area contributed by atoms with Gasteiger partial charge in [-0.15, -0.1) is 24.0 Å². The summed E-state index contributed by atoms with van der Waals surface area (Å²) in [7, 11) is 1.78. The van der Waals surface area contributed by atoms with E-state index in [4.69, 9.17) is 4.52 Å². The zero-order valence-corrected chi connectivity index (χ0v) is 16.3. The van der Waals surface area contributed by atoms with E-state index in [2.05, 4.69) is 51.5 Å². The molecule has 0 spiro atoms. The minimum absolute atomic E-state index is 0. The number of aliphatic imine (C=N–C) groups is 1. The van der Waals surface area contributed by atoms with Crippen LogP contribution in [0.1, 0.15) is 36.4 Å². The standard InChI is InChI=1S/C15H22N4OS.HI/c1-4-13-12(14(5-2)20-19-13)9-18-15(16-3)17-8-11-6-7-21-10-11;/h6-7,10H,4-5,8-9H2,1-3H3,(H2,16,17,18);1H. The van der Waals surface area contributed by atoms with Crippen molar-refractivity contribution in [2.45, 2.75) is 39.8 Å². The molecule has 2 N–H and O–H groups in total. The number of nitrogens with one attached hydrogen (secondary N) is 2. The summed E-state index contributed by atoms with van der Waals surface area (Å²) < 4.78 is 5.37. The van der Waals surface area contributed by atoms with Crippen LogP contribution in [0.5, 0.6) is 0 Å². The first-order chi connectivity index (χ1) is 10.3. The zero-order valence-electron chi connectivity index (χ0n) is 13.2. The van der Waals surface area contributed by atoms with Crippen molar-refractivity contribution < 1.29 is 4.52 Å². The molecule has 5 nitrogen and oxygen atoms in total. The van der Waals surface area contributed by atoms with Crippen LogP contribution in [0.4, 0.5) is 0 Å². The summed E-state index contributed by atoms with van der Waals surface area (Å²) in [5.74, 6) is 1.74. The molecule has 2 heterocycles. The average molecular weight is 434 g/mol. The van der Waals surface area contributed by atoms with Gasteiger partial charge in [0.1, 0.15) is 5.76 Å². The van der Waals surface area contributed by atoms with Gasteiger partial charge in [-0.3, -0.25) is 4.99 Å². The molecule has 0 aliphatic carbocycles. The molecule has 2 aromatic rings. The van der Waals surface area contributed by atoms with Crippen LogP contribution in [0.25, 0.3) is 0 Å². The molecular weight excluding hydrogens is 411 g/mol. The highest BCUT2D eigenvalue weighted by Crippen LogP contribution is 2.15. The summed E-state index contributed by atoms with van der Waals surface area (Å²) in [5, 5.41) is 15.0. The van der Waals surface area contributed by atoms with Crippen LogP contribution >= 0.6 is 35.3 Å². The van der Waals surface area contributed by atoms with Gasteiger partial charge < -0.3 is 15.2 Å². The lowest BCUT2D eigenvalue weighted by Gasteiger charge is -2.11. The second-order valence-electron chi connectivity index (χ2n) is 4.65. The van der Waals surface area contributed by atoms with Crippen LogP contribution in [0.3, 0.4) is 0 Å². The Morgan fingerprint density at radius 2 is 2.05 bits per heavy atom. The van der Waals surface area contributed by atoms with Gasteiger partial charge in [0.05, 0.1) is 5.69 Å². The summed E-state index contributed by atoms with van der Waals surface area (Å²) in [4.78, 5) is 4.24. The molecule has 7 heteroatoms. The molecule has 0 aliphatic rings. The van der Waals surface area contributed by atoms with Crippen molar-refractivity contribution in [1.82, 2.24) is 15.8 Å². The molecule has 0 unspecified atom stereocenters.